The first-order valence-electron chi connectivity index (χ1n) is 9.04. The minimum Gasteiger partial charge on any atom is -0.481 e. The summed E-state index contributed by atoms with van der Waals surface area (Å²) < 4.78 is 29.1. The number of amides is 1. The van der Waals surface area contributed by atoms with Gasteiger partial charge in [0, 0.05) is 24.2 Å². The molecule has 2 N–H and O–H groups in total. The molecule has 0 saturated carbocycles. The number of rotatable bonds is 8. The van der Waals surface area contributed by atoms with E-state index in [0.717, 1.165) is 23.7 Å². The molecule has 0 saturated heterocycles. The molecule has 0 atom stereocenters. The van der Waals surface area contributed by atoms with Crippen LogP contribution in [-0.4, -0.2) is 33.3 Å². The molecule has 0 unspecified atom stereocenters. The van der Waals surface area contributed by atoms with E-state index >= 15 is 0 Å². The van der Waals surface area contributed by atoms with Crippen molar-refractivity contribution in [2.75, 3.05) is 6.54 Å². The van der Waals surface area contributed by atoms with Crippen LogP contribution in [0.3, 0.4) is 0 Å². The van der Waals surface area contributed by atoms with Crippen LogP contribution in [0.15, 0.2) is 18.2 Å². The number of carboxylic acid groups (broad SMARTS) is 1. The van der Waals surface area contributed by atoms with Gasteiger partial charge in [0.1, 0.15) is 5.69 Å². The highest BCUT2D eigenvalue weighted by atomic mass is 19.2. The third-order valence-corrected chi connectivity index (χ3v) is 4.66. The van der Waals surface area contributed by atoms with Crippen LogP contribution in [0.2, 0.25) is 0 Å². The predicted octanol–water partition coefficient (Wildman–Crippen LogP) is 3.01. The molecule has 144 valence electrons. The van der Waals surface area contributed by atoms with Crippen LogP contribution in [-0.2, 0) is 17.6 Å². The lowest BCUT2D eigenvalue weighted by Crippen LogP contribution is -2.26. The number of carboxylic acids is 1. The number of nitrogens with zero attached hydrogens (tertiary/aromatic N) is 2. The molecule has 1 aliphatic rings. The highest BCUT2D eigenvalue weighted by Crippen LogP contribution is 2.29. The zero-order valence-electron chi connectivity index (χ0n) is 14.8. The number of benzene rings is 1. The number of carbonyl (C=O) groups is 2. The number of halogens is 2. The summed E-state index contributed by atoms with van der Waals surface area (Å²) in [6.45, 7) is 0.411. The Balaban J connectivity index is 1.71. The normalized spacial score (nSPS) is 12.8. The Hall–Kier alpha value is -2.77. The Morgan fingerprint density at radius 2 is 2.00 bits per heavy atom. The second kappa shape index (κ2) is 8.28. The molecule has 6 nitrogen and oxygen atoms in total. The van der Waals surface area contributed by atoms with Crippen molar-refractivity contribution in [3.05, 3.63) is 46.8 Å². The maximum absolute atomic E-state index is 14.2. The number of unbranched alkanes of at least 4 members (excludes halogenated alkanes) is 2. The molecule has 0 bridgehead atoms. The van der Waals surface area contributed by atoms with Crippen molar-refractivity contribution in [3.63, 3.8) is 0 Å². The zero-order chi connectivity index (χ0) is 19.4. The first-order chi connectivity index (χ1) is 13.0. The Kier molecular flexibility index (Phi) is 5.83. The van der Waals surface area contributed by atoms with E-state index in [4.69, 9.17) is 5.11 Å². The Labute approximate surface area is 155 Å². The summed E-state index contributed by atoms with van der Waals surface area (Å²) in [7, 11) is 0. The Morgan fingerprint density at radius 1 is 1.19 bits per heavy atom. The van der Waals surface area contributed by atoms with E-state index in [2.05, 4.69) is 10.4 Å². The second-order valence-corrected chi connectivity index (χ2v) is 6.57. The van der Waals surface area contributed by atoms with Gasteiger partial charge in [0.15, 0.2) is 17.3 Å². The Bertz CT molecular complexity index is 864. The molecule has 1 aromatic carbocycles. The lowest BCUT2D eigenvalue weighted by Gasteiger charge is -2.07. The summed E-state index contributed by atoms with van der Waals surface area (Å²) >= 11 is 0. The topological polar surface area (TPSA) is 84.2 Å². The molecule has 1 heterocycles. The molecular formula is C19H21F2N3O3. The van der Waals surface area contributed by atoms with Crippen LogP contribution in [0.5, 0.6) is 0 Å². The van der Waals surface area contributed by atoms with E-state index in [0.29, 0.717) is 38.6 Å². The van der Waals surface area contributed by atoms with Crippen LogP contribution in [0.1, 0.15) is 53.8 Å². The summed E-state index contributed by atoms with van der Waals surface area (Å²) in [5.74, 6) is -3.12. The fourth-order valence-electron chi connectivity index (χ4n) is 3.34. The first kappa shape index (κ1) is 19.0. The van der Waals surface area contributed by atoms with Gasteiger partial charge in [0.2, 0.25) is 0 Å². The van der Waals surface area contributed by atoms with Crippen LogP contribution in [0, 0.1) is 11.6 Å². The quantitative estimate of drug-likeness (QED) is 0.693. The van der Waals surface area contributed by atoms with Crippen molar-refractivity contribution >= 4 is 11.9 Å². The largest absolute Gasteiger partial charge is 0.481 e. The van der Waals surface area contributed by atoms with Crippen LogP contribution in [0.4, 0.5) is 8.78 Å². The molecule has 27 heavy (non-hydrogen) atoms. The zero-order valence-corrected chi connectivity index (χ0v) is 14.8. The lowest BCUT2D eigenvalue weighted by molar-refractivity contribution is -0.137. The van der Waals surface area contributed by atoms with Crippen LogP contribution in [0.25, 0.3) is 5.69 Å². The second-order valence-electron chi connectivity index (χ2n) is 6.57. The van der Waals surface area contributed by atoms with Crippen LogP contribution < -0.4 is 5.32 Å². The highest BCUT2D eigenvalue weighted by Gasteiger charge is 2.28. The average Bonchev–Trinajstić information content (AvgIpc) is 3.22. The summed E-state index contributed by atoms with van der Waals surface area (Å²) in [6, 6.07) is 3.89. The van der Waals surface area contributed by atoms with E-state index in [1.165, 1.54) is 16.8 Å². The van der Waals surface area contributed by atoms with E-state index in [-0.39, 0.29) is 23.7 Å². The van der Waals surface area contributed by atoms with Gasteiger partial charge in [-0.3, -0.25) is 9.59 Å². The molecular weight excluding hydrogens is 356 g/mol. The average molecular weight is 377 g/mol. The molecule has 1 amide bonds. The first-order valence-corrected chi connectivity index (χ1v) is 9.04. The minimum absolute atomic E-state index is 0.000806. The van der Waals surface area contributed by atoms with Gasteiger partial charge in [-0.05, 0) is 44.2 Å². The van der Waals surface area contributed by atoms with Gasteiger partial charge in [-0.15, -0.1) is 0 Å². The molecule has 1 aliphatic carbocycles. The maximum Gasteiger partial charge on any atom is 0.303 e. The summed E-state index contributed by atoms with van der Waals surface area (Å²) in [4.78, 5) is 23.0. The monoisotopic (exact) mass is 377 g/mol. The van der Waals surface area contributed by atoms with Crippen molar-refractivity contribution in [2.45, 2.75) is 44.9 Å². The van der Waals surface area contributed by atoms with Gasteiger partial charge >= 0.3 is 5.97 Å². The molecule has 3 rings (SSSR count). The Morgan fingerprint density at radius 3 is 2.78 bits per heavy atom. The molecule has 1 aromatic heterocycles. The van der Waals surface area contributed by atoms with E-state index in [1.54, 1.807) is 0 Å². The van der Waals surface area contributed by atoms with Gasteiger partial charge in [0.05, 0.1) is 0 Å². The molecule has 0 aliphatic heterocycles. The van der Waals surface area contributed by atoms with Crippen molar-refractivity contribution in [3.8, 4) is 5.69 Å². The van der Waals surface area contributed by atoms with Gasteiger partial charge in [0.25, 0.3) is 5.91 Å². The number of carbonyl (C=O) groups excluding carboxylic acids is 1. The van der Waals surface area contributed by atoms with Crippen molar-refractivity contribution in [1.82, 2.24) is 15.1 Å². The number of hydrogen-bond acceptors (Lipinski definition) is 3. The predicted molar refractivity (Wildman–Crippen MR) is 93.9 cm³/mol. The standard InChI is InChI=1S/C19H21F2N3O3/c20-13-7-5-9-15(17(13)21)24-14-8-4-6-12(14)18(23-24)19(27)22-11-3-1-2-10-16(25)26/h5,7,9H,1-4,6,8,10-11H2,(H,22,27)(H,25,26). The van der Waals surface area contributed by atoms with Crippen molar-refractivity contribution < 1.29 is 23.5 Å². The number of nitrogens with one attached hydrogen (secondary N) is 1. The number of hydrogen-bond donors (Lipinski definition) is 2. The molecule has 0 spiro atoms. The van der Waals surface area contributed by atoms with Gasteiger partial charge in [-0.1, -0.05) is 12.5 Å². The van der Waals surface area contributed by atoms with Gasteiger partial charge < -0.3 is 10.4 Å². The van der Waals surface area contributed by atoms with E-state index in [9.17, 15) is 18.4 Å². The fourth-order valence-corrected chi connectivity index (χ4v) is 3.34. The third-order valence-electron chi connectivity index (χ3n) is 4.66. The third kappa shape index (κ3) is 4.15. The fraction of sp³-hybridized carbons (Fsp3) is 0.421. The molecule has 0 fully saturated rings. The molecule has 2 aromatic rings. The molecule has 8 heteroatoms. The number of aliphatic carboxylic acids is 1. The van der Waals surface area contributed by atoms with Gasteiger partial charge in [-0.2, -0.15) is 5.10 Å². The SMILES string of the molecule is O=C(O)CCCCCNC(=O)c1nn(-c2cccc(F)c2F)c2c1CCC2. The van der Waals surface area contributed by atoms with E-state index in [1.807, 2.05) is 0 Å². The van der Waals surface area contributed by atoms with Crippen LogP contribution >= 0.6 is 0 Å². The van der Waals surface area contributed by atoms with Crippen molar-refractivity contribution in [1.29, 1.82) is 0 Å². The number of fused-ring (bicyclic) bond motifs is 1. The summed E-state index contributed by atoms with van der Waals surface area (Å²) in [5.41, 5.74) is 1.77. The summed E-state index contributed by atoms with van der Waals surface area (Å²) in [5, 5.41) is 15.6. The summed E-state index contributed by atoms with van der Waals surface area (Å²) in [6.07, 6.45) is 4.21. The van der Waals surface area contributed by atoms with E-state index < -0.39 is 17.6 Å². The van der Waals surface area contributed by atoms with Gasteiger partial charge in [-0.25, -0.2) is 13.5 Å². The smallest absolute Gasteiger partial charge is 0.303 e. The maximum atomic E-state index is 14.2. The molecule has 0 radical (unpaired) electrons. The minimum atomic E-state index is -0.986. The number of aromatic nitrogens is 2. The highest BCUT2D eigenvalue weighted by molar-refractivity contribution is 5.94. The lowest BCUT2D eigenvalue weighted by atomic mass is 10.1. The van der Waals surface area contributed by atoms with Crippen molar-refractivity contribution in [2.24, 2.45) is 0 Å².